The number of nitrogens with zero attached hydrogens (tertiary/aromatic N) is 1. The normalized spacial score (nSPS) is 11.3. The number of hydrogen-bond donors (Lipinski definition) is 0. The Morgan fingerprint density at radius 2 is 1.74 bits per heavy atom. The van der Waals surface area contributed by atoms with Gasteiger partial charge in [-0.3, -0.25) is 9.59 Å². The quantitative estimate of drug-likeness (QED) is 0.541. The lowest BCUT2D eigenvalue weighted by Crippen LogP contribution is -2.20. The van der Waals surface area contributed by atoms with Gasteiger partial charge in [0.2, 0.25) is 5.78 Å². The van der Waals surface area contributed by atoms with Crippen molar-refractivity contribution in [1.29, 1.82) is 0 Å². The zero-order valence-electron chi connectivity index (χ0n) is 15.2. The van der Waals surface area contributed by atoms with Crippen LogP contribution in [0.25, 0.3) is 0 Å². The molecule has 2 aromatic rings. The van der Waals surface area contributed by atoms with Crippen LogP contribution >= 0.6 is 0 Å². The second kappa shape index (κ2) is 8.28. The second-order valence-electron chi connectivity index (χ2n) is 6.09. The number of ketones is 1. The fourth-order valence-electron chi connectivity index (χ4n) is 2.69. The maximum absolute atomic E-state index is 12.6. The maximum atomic E-state index is 12.6. The molecule has 8 heteroatoms. The number of halogens is 3. The minimum Gasteiger partial charge on any atom is -0.497 e. The Bertz CT molecular complexity index is 823. The van der Waals surface area contributed by atoms with Crippen LogP contribution in [0.5, 0.6) is 5.75 Å². The molecular weight excluding hydrogens is 363 g/mol. The molecule has 0 amide bonds. The third-order valence-corrected chi connectivity index (χ3v) is 4.08. The molecule has 146 valence electrons. The number of benzene rings is 1. The van der Waals surface area contributed by atoms with Crippen molar-refractivity contribution in [2.24, 2.45) is 0 Å². The lowest BCUT2D eigenvalue weighted by atomic mass is 10.1. The summed E-state index contributed by atoms with van der Waals surface area (Å²) in [6, 6.07) is 8.17. The number of methoxy groups -OCH3 is 1. The highest BCUT2D eigenvalue weighted by molar-refractivity contribution is 5.99. The first-order valence-electron chi connectivity index (χ1n) is 8.16. The van der Waals surface area contributed by atoms with Gasteiger partial charge in [-0.1, -0.05) is 12.1 Å². The van der Waals surface area contributed by atoms with E-state index in [1.165, 1.54) is 27.0 Å². The van der Waals surface area contributed by atoms with E-state index < -0.39 is 31.1 Å². The molecule has 1 aromatic carbocycles. The van der Waals surface area contributed by atoms with Gasteiger partial charge in [0, 0.05) is 17.0 Å². The van der Waals surface area contributed by atoms with E-state index in [-0.39, 0.29) is 17.7 Å². The molecule has 0 unspecified atom stereocenters. The van der Waals surface area contributed by atoms with Crippen molar-refractivity contribution in [1.82, 2.24) is 4.57 Å². The van der Waals surface area contributed by atoms with Crippen molar-refractivity contribution in [2.75, 3.05) is 13.7 Å². The molecule has 5 nitrogen and oxygen atoms in total. The molecule has 27 heavy (non-hydrogen) atoms. The fraction of sp³-hybridized carbons (Fsp3) is 0.368. The summed E-state index contributed by atoms with van der Waals surface area (Å²) >= 11 is 0. The summed E-state index contributed by atoms with van der Waals surface area (Å²) in [5.41, 5.74) is 1.32. The number of alkyl halides is 3. The van der Waals surface area contributed by atoms with Crippen molar-refractivity contribution in [3.63, 3.8) is 0 Å². The van der Waals surface area contributed by atoms with E-state index >= 15 is 0 Å². The molecule has 0 N–H and O–H groups in total. The van der Waals surface area contributed by atoms with Crippen molar-refractivity contribution < 1.29 is 32.2 Å². The van der Waals surface area contributed by atoms with Gasteiger partial charge in [0.05, 0.1) is 13.5 Å². The number of Topliss-reactive ketones (excluding diaryl/α,β-unsaturated/α-hetero) is 1. The molecule has 0 radical (unpaired) electrons. The molecule has 0 bridgehead atoms. The summed E-state index contributed by atoms with van der Waals surface area (Å²) in [5.74, 6) is -0.492. The molecule has 0 spiro atoms. The number of ether oxygens (including phenoxy) is 2. The minimum atomic E-state index is -4.39. The molecule has 0 fully saturated rings. The zero-order valence-corrected chi connectivity index (χ0v) is 15.2. The van der Waals surface area contributed by atoms with E-state index in [0.717, 1.165) is 4.57 Å². The van der Waals surface area contributed by atoms with Crippen LogP contribution in [0.1, 0.15) is 27.3 Å². The highest BCUT2D eigenvalue weighted by Crippen LogP contribution is 2.23. The Morgan fingerprint density at radius 3 is 2.30 bits per heavy atom. The van der Waals surface area contributed by atoms with Crippen molar-refractivity contribution in [2.45, 2.75) is 33.0 Å². The topological polar surface area (TPSA) is 57.5 Å². The summed E-state index contributed by atoms with van der Waals surface area (Å²) in [7, 11) is 1.53. The van der Waals surface area contributed by atoms with Crippen LogP contribution in [-0.2, 0) is 22.5 Å². The van der Waals surface area contributed by atoms with Crippen LogP contribution in [0, 0.1) is 13.8 Å². The van der Waals surface area contributed by atoms with Gasteiger partial charge in [0.25, 0.3) is 0 Å². The molecule has 0 saturated heterocycles. The van der Waals surface area contributed by atoms with Crippen LogP contribution < -0.4 is 4.74 Å². The first kappa shape index (κ1) is 20.5. The predicted molar refractivity (Wildman–Crippen MR) is 91.9 cm³/mol. The molecular formula is C19H20F3NO4. The van der Waals surface area contributed by atoms with Crippen molar-refractivity contribution >= 4 is 11.8 Å². The van der Waals surface area contributed by atoms with Crippen LogP contribution in [0.4, 0.5) is 13.2 Å². The Balaban J connectivity index is 1.96. The number of esters is 1. The molecule has 1 heterocycles. The number of carbonyl (C=O) groups excluding carboxylic acids is 2. The molecule has 0 aliphatic heterocycles. The third-order valence-electron chi connectivity index (χ3n) is 4.08. The van der Waals surface area contributed by atoms with Gasteiger partial charge in [-0.2, -0.15) is 13.2 Å². The molecule has 2 rings (SSSR count). The van der Waals surface area contributed by atoms with Crippen LogP contribution in [0.15, 0.2) is 30.3 Å². The summed E-state index contributed by atoms with van der Waals surface area (Å²) in [6.45, 7) is 1.23. The van der Waals surface area contributed by atoms with E-state index in [4.69, 9.17) is 9.47 Å². The van der Waals surface area contributed by atoms with E-state index in [1.54, 1.807) is 24.3 Å². The fourth-order valence-corrected chi connectivity index (χ4v) is 2.69. The largest absolute Gasteiger partial charge is 0.497 e. The first-order chi connectivity index (χ1) is 12.6. The average molecular weight is 383 g/mol. The molecule has 0 aliphatic carbocycles. The Hall–Kier alpha value is -2.77. The van der Waals surface area contributed by atoms with Gasteiger partial charge in [-0.15, -0.1) is 0 Å². The van der Waals surface area contributed by atoms with Crippen molar-refractivity contribution in [3.05, 3.63) is 52.8 Å². The standard InChI is InChI=1S/C19H20F3NO4/c1-12-8-16(13(2)23(12)11-19(20,21)22)17(24)10-27-18(25)9-14-4-6-15(26-3)7-5-14/h4-8H,9-11H2,1-3H3. The molecule has 1 aromatic heterocycles. The van der Waals surface area contributed by atoms with E-state index in [2.05, 4.69) is 0 Å². The summed E-state index contributed by atoms with van der Waals surface area (Å²) < 4.78 is 48.9. The van der Waals surface area contributed by atoms with E-state index in [9.17, 15) is 22.8 Å². The Morgan fingerprint density at radius 1 is 1.11 bits per heavy atom. The number of rotatable bonds is 7. The molecule has 0 aliphatic rings. The van der Waals surface area contributed by atoms with Gasteiger partial charge in [-0.25, -0.2) is 0 Å². The molecule has 0 atom stereocenters. The predicted octanol–water partition coefficient (Wildman–Crippen LogP) is 3.64. The van der Waals surface area contributed by atoms with Gasteiger partial charge in [-0.05, 0) is 37.6 Å². The number of hydrogen-bond acceptors (Lipinski definition) is 4. The number of aromatic nitrogens is 1. The van der Waals surface area contributed by atoms with E-state index in [0.29, 0.717) is 17.0 Å². The maximum Gasteiger partial charge on any atom is 0.406 e. The monoisotopic (exact) mass is 383 g/mol. The lowest BCUT2D eigenvalue weighted by Gasteiger charge is -2.12. The third kappa shape index (κ3) is 5.60. The number of carbonyl (C=O) groups is 2. The highest BCUT2D eigenvalue weighted by atomic mass is 19.4. The van der Waals surface area contributed by atoms with Crippen molar-refractivity contribution in [3.8, 4) is 5.75 Å². The van der Waals surface area contributed by atoms with Crippen LogP contribution in [0.3, 0.4) is 0 Å². The average Bonchev–Trinajstić information content (AvgIpc) is 2.87. The van der Waals surface area contributed by atoms with Gasteiger partial charge < -0.3 is 14.0 Å². The van der Waals surface area contributed by atoms with Crippen LogP contribution in [-0.4, -0.2) is 36.2 Å². The summed E-state index contributed by atoms with van der Waals surface area (Å²) in [5, 5.41) is 0. The SMILES string of the molecule is COc1ccc(CC(=O)OCC(=O)c2cc(C)n(CC(F)(F)F)c2C)cc1. The summed E-state index contributed by atoms with van der Waals surface area (Å²) in [6.07, 6.45) is -4.41. The van der Waals surface area contributed by atoms with E-state index in [1.807, 2.05) is 0 Å². The Kier molecular flexibility index (Phi) is 6.30. The van der Waals surface area contributed by atoms with Gasteiger partial charge in [0.15, 0.2) is 6.61 Å². The second-order valence-corrected chi connectivity index (χ2v) is 6.09. The summed E-state index contributed by atoms with van der Waals surface area (Å²) in [4.78, 5) is 24.1. The first-order valence-corrected chi connectivity index (χ1v) is 8.16. The minimum absolute atomic E-state index is 0.0234. The van der Waals surface area contributed by atoms with Gasteiger partial charge >= 0.3 is 12.1 Å². The van der Waals surface area contributed by atoms with Gasteiger partial charge in [0.1, 0.15) is 12.3 Å². The lowest BCUT2D eigenvalue weighted by molar-refractivity contribution is -0.142. The number of aryl methyl sites for hydroxylation is 1. The molecule has 0 saturated carbocycles. The smallest absolute Gasteiger partial charge is 0.406 e. The Labute approximate surface area is 154 Å². The zero-order chi connectivity index (χ0) is 20.2. The van der Waals surface area contributed by atoms with Crippen LogP contribution in [0.2, 0.25) is 0 Å². The highest BCUT2D eigenvalue weighted by Gasteiger charge is 2.30.